The summed E-state index contributed by atoms with van der Waals surface area (Å²) in [6, 6.07) is 7.74. The standard InChI is InChI=1S/C21H19F4N5O2/c22-14-4-3-5-15(10-14)30-19(21(23,24)25)18(28-29-30)20(31)27-12-13-8-9-17(26-11-13)32-16-6-1-2-7-16/h3-5,8-11,16H,1-2,6-7,12H2,(H,27,31). The van der Waals surface area contributed by atoms with Gasteiger partial charge < -0.3 is 10.1 Å². The van der Waals surface area contributed by atoms with Gasteiger partial charge in [0, 0.05) is 18.8 Å². The molecule has 0 spiro atoms. The normalized spacial score (nSPS) is 14.5. The molecule has 1 fully saturated rings. The summed E-state index contributed by atoms with van der Waals surface area (Å²) in [6.45, 7) is -0.0698. The Hall–Kier alpha value is -3.50. The molecule has 3 aromatic rings. The maximum atomic E-state index is 13.7. The third kappa shape index (κ3) is 4.87. The summed E-state index contributed by atoms with van der Waals surface area (Å²) in [6.07, 6.45) is 0.905. The first kappa shape index (κ1) is 21.7. The highest BCUT2D eigenvalue weighted by molar-refractivity contribution is 5.93. The van der Waals surface area contributed by atoms with E-state index in [0.29, 0.717) is 16.1 Å². The van der Waals surface area contributed by atoms with Crippen LogP contribution in [0.2, 0.25) is 0 Å². The van der Waals surface area contributed by atoms with Gasteiger partial charge in [0.2, 0.25) is 5.88 Å². The Morgan fingerprint density at radius 2 is 1.97 bits per heavy atom. The van der Waals surface area contributed by atoms with E-state index >= 15 is 0 Å². The van der Waals surface area contributed by atoms with E-state index in [0.717, 1.165) is 37.8 Å². The predicted molar refractivity (Wildman–Crippen MR) is 105 cm³/mol. The Kier molecular flexibility index (Phi) is 6.06. The molecule has 4 rings (SSSR count). The molecule has 0 bridgehead atoms. The Morgan fingerprint density at radius 3 is 2.62 bits per heavy atom. The molecule has 1 aliphatic rings. The van der Waals surface area contributed by atoms with Gasteiger partial charge in [0.1, 0.15) is 11.9 Å². The highest BCUT2D eigenvalue weighted by Gasteiger charge is 2.42. The van der Waals surface area contributed by atoms with E-state index in [9.17, 15) is 22.4 Å². The molecule has 2 aromatic heterocycles. The van der Waals surface area contributed by atoms with Crippen LogP contribution in [0.4, 0.5) is 17.6 Å². The van der Waals surface area contributed by atoms with E-state index in [1.165, 1.54) is 18.3 Å². The molecule has 1 aromatic carbocycles. The number of nitrogens with zero attached hydrogens (tertiary/aromatic N) is 4. The number of hydrogen-bond acceptors (Lipinski definition) is 5. The maximum Gasteiger partial charge on any atom is 0.435 e. The molecule has 168 valence electrons. The topological polar surface area (TPSA) is 81.9 Å². The number of carbonyl (C=O) groups is 1. The summed E-state index contributed by atoms with van der Waals surface area (Å²) in [5, 5.41) is 9.20. The summed E-state index contributed by atoms with van der Waals surface area (Å²) in [4.78, 5) is 16.6. The monoisotopic (exact) mass is 449 g/mol. The summed E-state index contributed by atoms with van der Waals surface area (Å²) in [5.74, 6) is -1.35. The fourth-order valence-corrected chi connectivity index (χ4v) is 3.51. The van der Waals surface area contributed by atoms with E-state index in [-0.39, 0.29) is 18.3 Å². The number of benzene rings is 1. The third-order valence-electron chi connectivity index (χ3n) is 5.05. The van der Waals surface area contributed by atoms with Crippen molar-refractivity contribution in [2.45, 2.75) is 44.5 Å². The van der Waals surface area contributed by atoms with Gasteiger partial charge >= 0.3 is 6.18 Å². The average molecular weight is 449 g/mol. The molecular weight excluding hydrogens is 430 g/mol. The minimum atomic E-state index is -4.94. The molecule has 0 atom stereocenters. The lowest BCUT2D eigenvalue weighted by Gasteiger charge is -2.12. The highest BCUT2D eigenvalue weighted by Crippen LogP contribution is 2.33. The number of carbonyl (C=O) groups excluding carboxylic acids is 1. The van der Waals surface area contributed by atoms with Gasteiger partial charge in [0.25, 0.3) is 5.91 Å². The lowest BCUT2D eigenvalue weighted by molar-refractivity contribution is -0.143. The summed E-state index contributed by atoms with van der Waals surface area (Å²) in [5.41, 5.74) is -1.93. The number of pyridine rings is 1. The molecule has 1 saturated carbocycles. The van der Waals surface area contributed by atoms with Crippen molar-refractivity contribution in [1.29, 1.82) is 0 Å². The largest absolute Gasteiger partial charge is 0.474 e. The van der Waals surface area contributed by atoms with E-state index in [4.69, 9.17) is 4.74 Å². The van der Waals surface area contributed by atoms with Crippen LogP contribution in [0.5, 0.6) is 5.88 Å². The zero-order valence-corrected chi connectivity index (χ0v) is 16.8. The molecule has 11 heteroatoms. The second-order valence-electron chi connectivity index (χ2n) is 7.39. The molecular formula is C21H19F4N5O2. The molecule has 1 N–H and O–H groups in total. The number of ether oxygens (including phenoxy) is 1. The SMILES string of the molecule is O=C(NCc1ccc(OC2CCCC2)nc1)c1nnn(-c2cccc(F)c2)c1C(F)(F)F. The van der Waals surface area contributed by atoms with E-state index < -0.39 is 29.3 Å². The van der Waals surface area contributed by atoms with Crippen molar-refractivity contribution in [3.63, 3.8) is 0 Å². The van der Waals surface area contributed by atoms with Gasteiger partial charge in [0.15, 0.2) is 11.4 Å². The van der Waals surface area contributed by atoms with Gasteiger partial charge in [-0.15, -0.1) is 5.10 Å². The lowest BCUT2D eigenvalue weighted by Crippen LogP contribution is -2.27. The van der Waals surface area contributed by atoms with Crippen LogP contribution in [0.3, 0.4) is 0 Å². The van der Waals surface area contributed by atoms with Crippen LogP contribution in [0.1, 0.15) is 47.4 Å². The van der Waals surface area contributed by atoms with Gasteiger partial charge in [-0.3, -0.25) is 4.79 Å². The highest BCUT2D eigenvalue weighted by atomic mass is 19.4. The Balaban J connectivity index is 1.47. The van der Waals surface area contributed by atoms with Gasteiger partial charge in [-0.25, -0.2) is 14.1 Å². The van der Waals surface area contributed by atoms with Crippen molar-refractivity contribution in [3.05, 3.63) is 65.4 Å². The van der Waals surface area contributed by atoms with Gasteiger partial charge in [-0.05, 0) is 49.4 Å². The number of alkyl halides is 3. The zero-order valence-electron chi connectivity index (χ0n) is 16.8. The molecule has 0 aliphatic heterocycles. The third-order valence-corrected chi connectivity index (χ3v) is 5.05. The average Bonchev–Trinajstić information content (AvgIpc) is 3.43. The van der Waals surface area contributed by atoms with Gasteiger partial charge in [0.05, 0.1) is 5.69 Å². The van der Waals surface area contributed by atoms with Crippen LogP contribution in [-0.4, -0.2) is 32.0 Å². The van der Waals surface area contributed by atoms with Gasteiger partial charge in [-0.2, -0.15) is 13.2 Å². The van der Waals surface area contributed by atoms with Crippen LogP contribution in [0.15, 0.2) is 42.6 Å². The van der Waals surface area contributed by atoms with Crippen LogP contribution in [0, 0.1) is 5.82 Å². The van der Waals surface area contributed by atoms with Crippen molar-refractivity contribution in [3.8, 4) is 11.6 Å². The van der Waals surface area contributed by atoms with Crippen molar-refractivity contribution >= 4 is 5.91 Å². The number of halogens is 4. The zero-order chi connectivity index (χ0) is 22.7. The summed E-state index contributed by atoms with van der Waals surface area (Å²) < 4.78 is 60.6. The number of hydrogen-bond donors (Lipinski definition) is 1. The molecule has 0 unspecified atom stereocenters. The van der Waals surface area contributed by atoms with Crippen LogP contribution in [0.25, 0.3) is 5.69 Å². The first-order chi connectivity index (χ1) is 15.3. The molecule has 32 heavy (non-hydrogen) atoms. The Bertz CT molecular complexity index is 1090. The molecule has 2 heterocycles. The molecule has 1 amide bonds. The molecule has 0 saturated heterocycles. The van der Waals surface area contributed by atoms with E-state index in [1.54, 1.807) is 12.1 Å². The van der Waals surface area contributed by atoms with Crippen molar-refractivity contribution in [2.75, 3.05) is 0 Å². The number of rotatable bonds is 6. The molecule has 1 aliphatic carbocycles. The van der Waals surface area contributed by atoms with Crippen LogP contribution in [-0.2, 0) is 12.7 Å². The molecule has 7 nitrogen and oxygen atoms in total. The number of aromatic nitrogens is 4. The fourth-order valence-electron chi connectivity index (χ4n) is 3.51. The molecule has 0 radical (unpaired) electrons. The summed E-state index contributed by atoms with van der Waals surface area (Å²) in [7, 11) is 0. The Labute approximate surface area is 180 Å². The second kappa shape index (κ2) is 8.93. The van der Waals surface area contributed by atoms with E-state index in [1.807, 2.05) is 0 Å². The number of amides is 1. The minimum absolute atomic E-state index is 0.0698. The van der Waals surface area contributed by atoms with Crippen LogP contribution < -0.4 is 10.1 Å². The number of nitrogens with one attached hydrogen (secondary N) is 1. The maximum absolute atomic E-state index is 13.7. The predicted octanol–water partition coefficient (Wildman–Crippen LogP) is 4.07. The Morgan fingerprint density at radius 1 is 1.19 bits per heavy atom. The van der Waals surface area contributed by atoms with Crippen molar-refractivity contribution < 1.29 is 27.1 Å². The van der Waals surface area contributed by atoms with E-state index in [2.05, 4.69) is 20.6 Å². The quantitative estimate of drug-likeness (QED) is 0.574. The fraction of sp³-hybridized carbons (Fsp3) is 0.333. The second-order valence-corrected chi connectivity index (χ2v) is 7.39. The summed E-state index contributed by atoms with van der Waals surface area (Å²) >= 11 is 0. The lowest BCUT2D eigenvalue weighted by atomic mass is 10.2. The van der Waals surface area contributed by atoms with Crippen molar-refractivity contribution in [1.82, 2.24) is 25.3 Å². The van der Waals surface area contributed by atoms with Crippen LogP contribution >= 0.6 is 0 Å². The van der Waals surface area contributed by atoms with Crippen molar-refractivity contribution in [2.24, 2.45) is 0 Å². The first-order valence-corrected chi connectivity index (χ1v) is 10.00. The first-order valence-electron chi connectivity index (χ1n) is 10.00. The van der Waals surface area contributed by atoms with Gasteiger partial charge in [-0.1, -0.05) is 17.3 Å². The smallest absolute Gasteiger partial charge is 0.435 e. The minimum Gasteiger partial charge on any atom is -0.474 e.